The number of nitrogens with zero attached hydrogens (tertiary/aromatic N) is 2. The van der Waals surface area contributed by atoms with Gasteiger partial charge in [0.1, 0.15) is 12.1 Å². The van der Waals surface area contributed by atoms with Crippen molar-refractivity contribution in [2.45, 2.75) is 13.5 Å². The first-order valence-electron chi connectivity index (χ1n) is 5.03. The standard InChI is InChI=1S/C12H11FN2O/c1-2-15-12(5-6-14-15)10-4-3-9(8-16)7-11(10)13/h3-8H,2H2,1H3. The predicted molar refractivity (Wildman–Crippen MR) is 58.7 cm³/mol. The first-order chi connectivity index (χ1) is 7.76. The van der Waals surface area contributed by atoms with Crippen LogP contribution < -0.4 is 0 Å². The molecule has 0 amide bonds. The van der Waals surface area contributed by atoms with Gasteiger partial charge < -0.3 is 0 Å². The Morgan fingerprint density at radius 3 is 2.88 bits per heavy atom. The second-order valence-electron chi connectivity index (χ2n) is 3.39. The molecule has 2 aromatic rings. The lowest BCUT2D eigenvalue weighted by atomic mass is 10.1. The smallest absolute Gasteiger partial charge is 0.150 e. The lowest BCUT2D eigenvalue weighted by Gasteiger charge is -2.06. The van der Waals surface area contributed by atoms with Crippen molar-refractivity contribution in [2.75, 3.05) is 0 Å². The highest BCUT2D eigenvalue weighted by Gasteiger charge is 2.09. The molecule has 0 radical (unpaired) electrons. The van der Waals surface area contributed by atoms with Crippen LogP contribution in [0.25, 0.3) is 11.3 Å². The lowest BCUT2D eigenvalue weighted by Crippen LogP contribution is -2.00. The van der Waals surface area contributed by atoms with Gasteiger partial charge in [0, 0.05) is 23.9 Å². The van der Waals surface area contributed by atoms with E-state index in [2.05, 4.69) is 5.10 Å². The van der Waals surface area contributed by atoms with Crippen LogP contribution in [0.15, 0.2) is 30.5 Å². The number of carbonyl (C=O) groups is 1. The molecule has 0 aliphatic rings. The third-order valence-electron chi connectivity index (χ3n) is 2.42. The van der Waals surface area contributed by atoms with E-state index in [1.54, 1.807) is 29.1 Å². The second-order valence-corrected chi connectivity index (χ2v) is 3.39. The largest absolute Gasteiger partial charge is 0.298 e. The molecule has 1 aromatic carbocycles. The second kappa shape index (κ2) is 4.26. The van der Waals surface area contributed by atoms with E-state index in [1.165, 1.54) is 6.07 Å². The average molecular weight is 218 g/mol. The molecule has 0 saturated carbocycles. The molecule has 4 heteroatoms. The SMILES string of the molecule is CCn1nccc1-c1ccc(C=O)cc1F. The highest BCUT2D eigenvalue weighted by atomic mass is 19.1. The van der Waals surface area contributed by atoms with Crippen LogP contribution in [0.4, 0.5) is 4.39 Å². The minimum atomic E-state index is -0.403. The molecule has 0 N–H and O–H groups in total. The number of hydrogen-bond donors (Lipinski definition) is 0. The molecule has 1 heterocycles. The molecule has 2 rings (SSSR count). The molecule has 0 fully saturated rings. The Balaban J connectivity index is 2.52. The third kappa shape index (κ3) is 1.74. The van der Waals surface area contributed by atoms with Crippen molar-refractivity contribution in [3.05, 3.63) is 41.8 Å². The van der Waals surface area contributed by atoms with Crippen molar-refractivity contribution < 1.29 is 9.18 Å². The van der Waals surface area contributed by atoms with Gasteiger partial charge in [0.05, 0.1) is 5.69 Å². The number of aromatic nitrogens is 2. The minimum absolute atomic E-state index is 0.337. The van der Waals surface area contributed by atoms with E-state index in [9.17, 15) is 9.18 Å². The Hall–Kier alpha value is -1.97. The number of aldehydes is 1. The Kier molecular flexibility index (Phi) is 2.81. The van der Waals surface area contributed by atoms with Gasteiger partial charge in [-0.3, -0.25) is 9.48 Å². The number of halogens is 1. The van der Waals surface area contributed by atoms with E-state index in [-0.39, 0.29) is 0 Å². The number of benzene rings is 1. The average Bonchev–Trinajstić information content (AvgIpc) is 2.76. The first-order valence-corrected chi connectivity index (χ1v) is 5.03. The molecular formula is C12H11FN2O. The van der Waals surface area contributed by atoms with Crippen molar-refractivity contribution in [1.29, 1.82) is 0 Å². The van der Waals surface area contributed by atoms with Gasteiger partial charge in [0.2, 0.25) is 0 Å². The third-order valence-corrected chi connectivity index (χ3v) is 2.42. The maximum absolute atomic E-state index is 13.7. The molecule has 3 nitrogen and oxygen atoms in total. The fourth-order valence-corrected chi connectivity index (χ4v) is 1.63. The molecular weight excluding hydrogens is 207 g/mol. The molecule has 16 heavy (non-hydrogen) atoms. The van der Waals surface area contributed by atoms with Crippen molar-refractivity contribution in [2.24, 2.45) is 0 Å². The van der Waals surface area contributed by atoms with Crippen LogP contribution in [0.3, 0.4) is 0 Å². The van der Waals surface area contributed by atoms with Crippen LogP contribution in [0.2, 0.25) is 0 Å². The molecule has 0 unspecified atom stereocenters. The number of aryl methyl sites for hydroxylation is 1. The number of hydrogen-bond acceptors (Lipinski definition) is 2. The van der Waals surface area contributed by atoms with E-state index in [1.807, 2.05) is 6.92 Å². The molecule has 0 aliphatic heterocycles. The quantitative estimate of drug-likeness (QED) is 0.742. The van der Waals surface area contributed by atoms with Gasteiger partial charge in [-0.2, -0.15) is 5.10 Å². The fourth-order valence-electron chi connectivity index (χ4n) is 1.63. The van der Waals surface area contributed by atoms with Gasteiger partial charge in [-0.25, -0.2) is 4.39 Å². The molecule has 0 atom stereocenters. The Morgan fingerprint density at radius 2 is 2.25 bits per heavy atom. The normalized spacial score (nSPS) is 10.4. The molecule has 0 saturated heterocycles. The summed E-state index contributed by atoms with van der Waals surface area (Å²) in [6.07, 6.45) is 2.26. The van der Waals surface area contributed by atoms with Gasteiger partial charge in [-0.05, 0) is 25.1 Å². The first kappa shape index (κ1) is 10.5. The summed E-state index contributed by atoms with van der Waals surface area (Å²) in [5.41, 5.74) is 1.52. The number of carbonyl (C=O) groups excluding carboxylic acids is 1. The van der Waals surface area contributed by atoms with Crippen LogP contribution in [0.5, 0.6) is 0 Å². The summed E-state index contributed by atoms with van der Waals surface area (Å²) in [6.45, 7) is 2.62. The number of rotatable bonds is 3. The fraction of sp³-hybridized carbons (Fsp3) is 0.167. The summed E-state index contributed by atoms with van der Waals surface area (Å²) in [5, 5.41) is 4.08. The summed E-state index contributed by atoms with van der Waals surface area (Å²) < 4.78 is 15.4. The predicted octanol–water partition coefficient (Wildman–Crippen LogP) is 2.52. The van der Waals surface area contributed by atoms with Gasteiger partial charge in [-0.15, -0.1) is 0 Å². The Bertz CT molecular complexity index is 519. The minimum Gasteiger partial charge on any atom is -0.298 e. The van der Waals surface area contributed by atoms with Crippen LogP contribution >= 0.6 is 0 Å². The summed E-state index contributed by atoms with van der Waals surface area (Å²) in [7, 11) is 0. The van der Waals surface area contributed by atoms with Crippen LogP contribution in [0.1, 0.15) is 17.3 Å². The molecule has 0 bridgehead atoms. The van der Waals surface area contributed by atoms with E-state index in [0.717, 1.165) is 5.69 Å². The zero-order chi connectivity index (χ0) is 11.5. The molecule has 0 spiro atoms. The van der Waals surface area contributed by atoms with E-state index >= 15 is 0 Å². The Morgan fingerprint density at radius 1 is 1.44 bits per heavy atom. The molecule has 82 valence electrons. The summed E-state index contributed by atoms with van der Waals surface area (Å²) in [5.74, 6) is -0.403. The van der Waals surface area contributed by atoms with E-state index in [4.69, 9.17) is 0 Å². The zero-order valence-electron chi connectivity index (χ0n) is 8.85. The van der Waals surface area contributed by atoms with Crippen LogP contribution in [0, 0.1) is 5.82 Å². The van der Waals surface area contributed by atoms with Crippen molar-refractivity contribution in [3.63, 3.8) is 0 Å². The Labute approximate surface area is 92.5 Å². The zero-order valence-corrected chi connectivity index (χ0v) is 8.85. The van der Waals surface area contributed by atoms with Gasteiger partial charge in [-0.1, -0.05) is 6.07 Å². The van der Waals surface area contributed by atoms with E-state index < -0.39 is 5.82 Å². The molecule has 1 aromatic heterocycles. The topological polar surface area (TPSA) is 34.9 Å². The van der Waals surface area contributed by atoms with Gasteiger partial charge >= 0.3 is 0 Å². The highest BCUT2D eigenvalue weighted by molar-refractivity contribution is 5.76. The maximum Gasteiger partial charge on any atom is 0.150 e. The highest BCUT2D eigenvalue weighted by Crippen LogP contribution is 2.22. The molecule has 0 aliphatic carbocycles. The van der Waals surface area contributed by atoms with Gasteiger partial charge in [0.25, 0.3) is 0 Å². The van der Waals surface area contributed by atoms with Crippen LogP contribution in [-0.2, 0) is 6.54 Å². The van der Waals surface area contributed by atoms with Gasteiger partial charge in [0.15, 0.2) is 0 Å². The van der Waals surface area contributed by atoms with Crippen LogP contribution in [-0.4, -0.2) is 16.1 Å². The monoisotopic (exact) mass is 218 g/mol. The van der Waals surface area contributed by atoms with Crippen molar-refractivity contribution in [1.82, 2.24) is 9.78 Å². The maximum atomic E-state index is 13.7. The summed E-state index contributed by atoms with van der Waals surface area (Å²) >= 11 is 0. The van der Waals surface area contributed by atoms with E-state index in [0.29, 0.717) is 24.0 Å². The lowest BCUT2D eigenvalue weighted by molar-refractivity contribution is 0.112. The van der Waals surface area contributed by atoms with Crippen molar-refractivity contribution >= 4 is 6.29 Å². The summed E-state index contributed by atoms with van der Waals surface area (Å²) in [4.78, 5) is 10.5. The summed E-state index contributed by atoms with van der Waals surface area (Å²) in [6, 6.07) is 6.18. The van der Waals surface area contributed by atoms with Crippen molar-refractivity contribution in [3.8, 4) is 11.3 Å².